The molecule has 0 aliphatic carbocycles. The molecule has 0 saturated heterocycles. The molecule has 2 aromatic rings. The molecule has 1 atom stereocenters. The number of nitrogens with two attached hydrogens (primary N) is 1. The third-order valence-electron chi connectivity index (χ3n) is 2.85. The Kier molecular flexibility index (Phi) is 3.81. The third-order valence-corrected chi connectivity index (χ3v) is 2.85. The minimum Gasteiger partial charge on any atom is -0.328 e. The summed E-state index contributed by atoms with van der Waals surface area (Å²) in [4.78, 5) is 0. The van der Waals surface area contributed by atoms with E-state index in [4.69, 9.17) is 5.73 Å². The average molecular weight is 247 g/mol. The van der Waals surface area contributed by atoms with Crippen LogP contribution in [0.15, 0.2) is 18.5 Å². The van der Waals surface area contributed by atoms with Crippen LogP contribution >= 0.6 is 0 Å². The van der Waals surface area contributed by atoms with Crippen molar-refractivity contribution in [2.45, 2.75) is 46.3 Å². The number of aromatic nitrogens is 4. The van der Waals surface area contributed by atoms with Crippen LogP contribution in [0.4, 0.5) is 0 Å². The van der Waals surface area contributed by atoms with Gasteiger partial charge in [0.05, 0.1) is 24.1 Å². The van der Waals surface area contributed by atoms with E-state index in [9.17, 15) is 0 Å². The molecule has 0 spiro atoms. The maximum absolute atomic E-state index is 5.78. The van der Waals surface area contributed by atoms with E-state index < -0.39 is 0 Å². The molecular formula is C13H21N5. The predicted molar refractivity (Wildman–Crippen MR) is 71.3 cm³/mol. The van der Waals surface area contributed by atoms with Crippen molar-refractivity contribution in [2.75, 3.05) is 0 Å². The van der Waals surface area contributed by atoms with E-state index in [0.717, 1.165) is 25.2 Å². The van der Waals surface area contributed by atoms with Gasteiger partial charge in [-0.25, -0.2) is 0 Å². The first-order valence-corrected chi connectivity index (χ1v) is 6.38. The largest absolute Gasteiger partial charge is 0.328 e. The summed E-state index contributed by atoms with van der Waals surface area (Å²) in [5, 5.41) is 8.81. The number of hydrogen-bond acceptors (Lipinski definition) is 3. The standard InChI is InChI=1S/C13H21N5/c1-4-18-13(6-11(3)16-18)9-17-8-12(7-15-17)5-10(2)14/h6-8,10H,4-5,9,14H2,1-3H3. The topological polar surface area (TPSA) is 61.7 Å². The molecule has 0 radical (unpaired) electrons. The number of rotatable bonds is 5. The third kappa shape index (κ3) is 2.98. The van der Waals surface area contributed by atoms with Crippen LogP contribution < -0.4 is 5.73 Å². The Morgan fingerprint density at radius 2 is 2.22 bits per heavy atom. The molecule has 0 aliphatic heterocycles. The van der Waals surface area contributed by atoms with Crippen LogP contribution in [0.1, 0.15) is 30.8 Å². The lowest BCUT2D eigenvalue weighted by atomic mass is 10.1. The Bertz CT molecular complexity index is 509. The van der Waals surface area contributed by atoms with Gasteiger partial charge in [0.2, 0.25) is 0 Å². The molecule has 0 saturated carbocycles. The highest BCUT2D eigenvalue weighted by Crippen LogP contribution is 2.08. The fourth-order valence-electron chi connectivity index (χ4n) is 2.14. The lowest BCUT2D eigenvalue weighted by Crippen LogP contribution is -2.17. The Labute approximate surface area is 108 Å². The highest BCUT2D eigenvalue weighted by molar-refractivity contribution is 5.11. The van der Waals surface area contributed by atoms with Gasteiger partial charge in [0.1, 0.15) is 0 Å². The lowest BCUT2D eigenvalue weighted by Gasteiger charge is -2.04. The van der Waals surface area contributed by atoms with Gasteiger partial charge >= 0.3 is 0 Å². The normalized spacial score (nSPS) is 12.9. The van der Waals surface area contributed by atoms with Gasteiger partial charge in [-0.15, -0.1) is 0 Å². The van der Waals surface area contributed by atoms with Crippen molar-refractivity contribution in [3.05, 3.63) is 35.4 Å². The molecule has 18 heavy (non-hydrogen) atoms. The average Bonchev–Trinajstić information content (AvgIpc) is 2.85. The molecule has 5 heteroatoms. The molecule has 1 unspecified atom stereocenters. The van der Waals surface area contributed by atoms with Gasteiger partial charge in [0.25, 0.3) is 0 Å². The molecule has 0 aliphatic rings. The van der Waals surface area contributed by atoms with E-state index in [-0.39, 0.29) is 6.04 Å². The highest BCUT2D eigenvalue weighted by atomic mass is 15.3. The van der Waals surface area contributed by atoms with Gasteiger partial charge < -0.3 is 5.73 Å². The molecule has 2 aromatic heterocycles. The first-order chi connectivity index (χ1) is 8.58. The quantitative estimate of drug-likeness (QED) is 0.867. The van der Waals surface area contributed by atoms with Crippen LogP contribution in [0.2, 0.25) is 0 Å². The fourth-order valence-corrected chi connectivity index (χ4v) is 2.14. The molecule has 2 rings (SSSR count). The highest BCUT2D eigenvalue weighted by Gasteiger charge is 2.07. The van der Waals surface area contributed by atoms with E-state index in [1.54, 1.807) is 0 Å². The van der Waals surface area contributed by atoms with Crippen LogP contribution in [0, 0.1) is 6.92 Å². The summed E-state index contributed by atoms with van der Waals surface area (Å²) in [5.41, 5.74) is 9.20. The van der Waals surface area contributed by atoms with E-state index in [1.807, 2.05) is 29.4 Å². The van der Waals surface area contributed by atoms with Crippen molar-refractivity contribution >= 4 is 0 Å². The molecular weight excluding hydrogens is 226 g/mol. The zero-order chi connectivity index (χ0) is 13.1. The van der Waals surface area contributed by atoms with Crippen molar-refractivity contribution in [3.63, 3.8) is 0 Å². The van der Waals surface area contributed by atoms with Gasteiger partial charge in [-0.05, 0) is 38.8 Å². The molecule has 0 amide bonds. The number of hydrogen-bond donors (Lipinski definition) is 1. The molecule has 98 valence electrons. The summed E-state index contributed by atoms with van der Waals surface area (Å²) < 4.78 is 3.96. The second-order valence-electron chi connectivity index (χ2n) is 4.82. The molecule has 0 fully saturated rings. The van der Waals surface area contributed by atoms with Gasteiger partial charge in [-0.3, -0.25) is 9.36 Å². The second kappa shape index (κ2) is 5.35. The van der Waals surface area contributed by atoms with E-state index in [2.05, 4.69) is 29.4 Å². The smallest absolute Gasteiger partial charge is 0.0828 e. The second-order valence-corrected chi connectivity index (χ2v) is 4.82. The van der Waals surface area contributed by atoms with Gasteiger partial charge in [0, 0.05) is 18.8 Å². The van der Waals surface area contributed by atoms with E-state index in [0.29, 0.717) is 0 Å². The fraction of sp³-hybridized carbons (Fsp3) is 0.538. The van der Waals surface area contributed by atoms with Gasteiger partial charge in [-0.1, -0.05) is 0 Å². The minimum absolute atomic E-state index is 0.172. The van der Waals surface area contributed by atoms with Crippen molar-refractivity contribution in [1.29, 1.82) is 0 Å². The maximum Gasteiger partial charge on any atom is 0.0828 e. The first kappa shape index (κ1) is 12.8. The van der Waals surface area contributed by atoms with Crippen molar-refractivity contribution in [3.8, 4) is 0 Å². The minimum atomic E-state index is 0.172. The van der Waals surface area contributed by atoms with Gasteiger partial charge in [0.15, 0.2) is 0 Å². The van der Waals surface area contributed by atoms with Crippen LogP contribution in [-0.2, 0) is 19.5 Å². The Morgan fingerprint density at radius 3 is 2.89 bits per heavy atom. The summed E-state index contributed by atoms with van der Waals surface area (Å²) in [6, 6.07) is 2.28. The maximum atomic E-state index is 5.78. The molecule has 5 nitrogen and oxygen atoms in total. The lowest BCUT2D eigenvalue weighted by molar-refractivity contribution is 0.575. The van der Waals surface area contributed by atoms with Crippen LogP contribution in [-0.4, -0.2) is 25.6 Å². The summed E-state index contributed by atoms with van der Waals surface area (Å²) in [6.45, 7) is 7.76. The number of aryl methyl sites for hydroxylation is 2. The molecule has 0 aromatic carbocycles. The SMILES string of the molecule is CCn1nc(C)cc1Cn1cc(CC(C)N)cn1. The summed E-state index contributed by atoms with van der Waals surface area (Å²) in [5.74, 6) is 0. The van der Waals surface area contributed by atoms with Crippen LogP contribution in [0.25, 0.3) is 0 Å². The summed E-state index contributed by atoms with van der Waals surface area (Å²) in [7, 11) is 0. The zero-order valence-electron chi connectivity index (χ0n) is 11.3. The Balaban J connectivity index is 2.11. The van der Waals surface area contributed by atoms with Crippen LogP contribution in [0.3, 0.4) is 0 Å². The predicted octanol–water partition coefficient (Wildman–Crippen LogP) is 1.35. The van der Waals surface area contributed by atoms with Crippen molar-refractivity contribution in [1.82, 2.24) is 19.6 Å². The molecule has 2 heterocycles. The molecule has 2 N–H and O–H groups in total. The van der Waals surface area contributed by atoms with Crippen LogP contribution in [0.5, 0.6) is 0 Å². The van der Waals surface area contributed by atoms with Crippen molar-refractivity contribution < 1.29 is 0 Å². The van der Waals surface area contributed by atoms with Gasteiger partial charge in [-0.2, -0.15) is 10.2 Å². The first-order valence-electron chi connectivity index (χ1n) is 6.38. The number of nitrogens with zero attached hydrogens (tertiary/aromatic N) is 4. The van der Waals surface area contributed by atoms with E-state index >= 15 is 0 Å². The Hall–Kier alpha value is -1.62. The van der Waals surface area contributed by atoms with Crippen molar-refractivity contribution in [2.24, 2.45) is 5.73 Å². The monoisotopic (exact) mass is 247 g/mol. The zero-order valence-corrected chi connectivity index (χ0v) is 11.3. The summed E-state index contributed by atoms with van der Waals surface area (Å²) >= 11 is 0. The van der Waals surface area contributed by atoms with E-state index in [1.165, 1.54) is 11.3 Å². The Morgan fingerprint density at radius 1 is 1.44 bits per heavy atom. The molecule has 0 bridgehead atoms. The summed E-state index contributed by atoms with van der Waals surface area (Å²) in [6.07, 6.45) is 4.82.